The highest BCUT2D eigenvalue weighted by Gasteiger charge is 2.30. The molecule has 2 heterocycles. The lowest BCUT2D eigenvalue weighted by molar-refractivity contribution is -0.137. The van der Waals surface area contributed by atoms with Gasteiger partial charge in [0, 0.05) is 38.3 Å². The summed E-state index contributed by atoms with van der Waals surface area (Å²) < 4.78 is 11.1. The number of likely N-dealkylation sites (tertiary alicyclic amines) is 1. The number of carbonyl (C=O) groups excluding carboxylic acids is 1. The summed E-state index contributed by atoms with van der Waals surface area (Å²) in [4.78, 5) is 19.5. The van der Waals surface area contributed by atoms with Crippen molar-refractivity contribution >= 4 is 5.91 Å². The number of carbonyl (C=O) groups is 1. The van der Waals surface area contributed by atoms with Gasteiger partial charge in [-0.15, -0.1) is 0 Å². The summed E-state index contributed by atoms with van der Waals surface area (Å²) in [6, 6.07) is 13.8. The van der Waals surface area contributed by atoms with E-state index in [4.69, 9.17) is 9.26 Å². The average Bonchev–Trinajstić information content (AvgIpc) is 3.52. The molecule has 188 valence electrons. The van der Waals surface area contributed by atoms with Crippen LogP contribution in [-0.2, 0) is 17.6 Å². The zero-order valence-electron chi connectivity index (χ0n) is 21.6. The summed E-state index contributed by atoms with van der Waals surface area (Å²) in [5.74, 6) is 2.09. The fraction of sp³-hybridized carbons (Fsp3) is 0.429. The predicted octanol–water partition coefficient (Wildman–Crippen LogP) is 4.19. The number of ether oxygens (including phenoxy) is 1. The third-order valence-corrected chi connectivity index (χ3v) is 6.38. The maximum atomic E-state index is 11.2. The van der Waals surface area contributed by atoms with E-state index in [0.29, 0.717) is 28.6 Å². The van der Waals surface area contributed by atoms with Gasteiger partial charge < -0.3 is 19.1 Å². The van der Waals surface area contributed by atoms with Gasteiger partial charge in [-0.1, -0.05) is 23.4 Å². The molecule has 36 heavy (non-hydrogen) atoms. The van der Waals surface area contributed by atoms with Gasteiger partial charge in [-0.25, -0.2) is 0 Å². The van der Waals surface area contributed by atoms with Gasteiger partial charge in [0.15, 0.2) is 0 Å². The molecular formula is C28H33N5O3. The van der Waals surface area contributed by atoms with E-state index in [-0.39, 0.29) is 17.9 Å². The molecule has 1 saturated heterocycles. The molecule has 1 amide bonds. The predicted molar refractivity (Wildman–Crippen MR) is 137 cm³/mol. The van der Waals surface area contributed by atoms with Crippen LogP contribution in [0.1, 0.15) is 37.0 Å². The Bertz CT molecular complexity index is 1270. The Morgan fingerprint density at radius 2 is 2.00 bits per heavy atom. The fourth-order valence-corrected chi connectivity index (χ4v) is 4.61. The van der Waals surface area contributed by atoms with Crippen molar-refractivity contribution in [1.82, 2.24) is 19.9 Å². The van der Waals surface area contributed by atoms with E-state index in [1.54, 1.807) is 31.1 Å². The first kappa shape index (κ1) is 25.4. The number of amides is 1. The van der Waals surface area contributed by atoms with Gasteiger partial charge in [-0.05, 0) is 69.5 Å². The largest absolute Gasteiger partial charge is 0.490 e. The van der Waals surface area contributed by atoms with E-state index in [2.05, 4.69) is 27.2 Å². The summed E-state index contributed by atoms with van der Waals surface area (Å²) in [5, 5.41) is 13.6. The number of nitriles is 1. The molecule has 0 spiro atoms. The van der Waals surface area contributed by atoms with Crippen LogP contribution < -0.4 is 4.74 Å². The van der Waals surface area contributed by atoms with Crippen LogP contribution in [0.2, 0.25) is 0 Å². The van der Waals surface area contributed by atoms with Gasteiger partial charge in [0.2, 0.25) is 11.7 Å². The molecule has 2 aliphatic rings. The SMILES string of the molecule is CC(C)Oc1ccc(-c2nc(-c3cccc4c3CCC4)no2)cc1C#N.CN1CC(C(=O)N(C)C)C1. The minimum absolute atomic E-state index is 0.00290. The van der Waals surface area contributed by atoms with E-state index in [1.165, 1.54) is 17.5 Å². The second kappa shape index (κ2) is 10.9. The molecule has 8 heteroatoms. The van der Waals surface area contributed by atoms with E-state index >= 15 is 0 Å². The molecule has 0 radical (unpaired) electrons. The van der Waals surface area contributed by atoms with Gasteiger partial charge >= 0.3 is 0 Å². The molecule has 0 N–H and O–H groups in total. The molecule has 0 bridgehead atoms. The smallest absolute Gasteiger partial charge is 0.258 e. The van der Waals surface area contributed by atoms with Crippen LogP contribution in [0.25, 0.3) is 22.8 Å². The molecule has 5 rings (SSSR count). The number of aromatic nitrogens is 2. The van der Waals surface area contributed by atoms with E-state index in [9.17, 15) is 10.1 Å². The summed E-state index contributed by atoms with van der Waals surface area (Å²) in [6.45, 7) is 5.71. The maximum absolute atomic E-state index is 11.2. The highest BCUT2D eigenvalue weighted by Crippen LogP contribution is 2.33. The van der Waals surface area contributed by atoms with Gasteiger partial charge in [0.05, 0.1) is 17.6 Å². The number of fused-ring (bicyclic) bond motifs is 1. The lowest BCUT2D eigenvalue weighted by Crippen LogP contribution is -2.51. The Labute approximate surface area is 212 Å². The van der Waals surface area contributed by atoms with Crippen molar-refractivity contribution in [2.75, 3.05) is 34.2 Å². The monoisotopic (exact) mass is 487 g/mol. The molecule has 0 saturated carbocycles. The van der Waals surface area contributed by atoms with E-state index in [0.717, 1.165) is 31.5 Å². The molecule has 1 aliphatic carbocycles. The van der Waals surface area contributed by atoms with Crippen LogP contribution in [0.4, 0.5) is 0 Å². The van der Waals surface area contributed by atoms with Crippen molar-refractivity contribution in [3.63, 3.8) is 0 Å². The standard InChI is InChI=1S/C21H19N3O2.C7H14N2O/c1-13(2)25-19-10-9-15(11-16(19)12-22)21-23-20(24-26-21)18-8-4-6-14-5-3-7-17(14)18;1-8(2)7(10)6-4-9(3)5-6/h4,6,8-11,13H,3,5,7H2,1-2H3;6H,4-5H2,1-3H3. The molecule has 2 aromatic carbocycles. The van der Waals surface area contributed by atoms with Crippen LogP contribution in [0.3, 0.4) is 0 Å². The van der Waals surface area contributed by atoms with Crippen molar-refractivity contribution in [2.45, 2.75) is 39.2 Å². The molecule has 8 nitrogen and oxygen atoms in total. The highest BCUT2D eigenvalue weighted by molar-refractivity contribution is 5.79. The Hall–Kier alpha value is -3.70. The van der Waals surface area contributed by atoms with Gasteiger partial charge in [-0.2, -0.15) is 10.2 Å². The first-order valence-corrected chi connectivity index (χ1v) is 12.3. The van der Waals surface area contributed by atoms with Gasteiger partial charge in [-0.3, -0.25) is 4.79 Å². The van der Waals surface area contributed by atoms with Gasteiger partial charge in [0.25, 0.3) is 5.89 Å². The molecule has 0 unspecified atom stereocenters. The molecule has 1 aromatic heterocycles. The third kappa shape index (κ3) is 5.58. The van der Waals surface area contributed by atoms with Crippen LogP contribution in [0.15, 0.2) is 40.9 Å². The molecule has 0 atom stereocenters. The maximum Gasteiger partial charge on any atom is 0.258 e. The van der Waals surface area contributed by atoms with Crippen molar-refractivity contribution < 1.29 is 14.1 Å². The number of benzene rings is 2. The topological polar surface area (TPSA) is 95.5 Å². The highest BCUT2D eigenvalue weighted by atomic mass is 16.5. The van der Waals surface area contributed by atoms with Crippen molar-refractivity contribution in [1.29, 1.82) is 5.26 Å². The number of aryl methyl sites for hydroxylation is 1. The Kier molecular flexibility index (Phi) is 7.70. The summed E-state index contributed by atoms with van der Waals surface area (Å²) >= 11 is 0. The zero-order chi connectivity index (χ0) is 25.8. The number of nitrogens with zero attached hydrogens (tertiary/aromatic N) is 5. The summed E-state index contributed by atoms with van der Waals surface area (Å²) in [6.07, 6.45) is 3.33. The summed E-state index contributed by atoms with van der Waals surface area (Å²) in [7, 11) is 5.64. The van der Waals surface area contributed by atoms with Crippen LogP contribution >= 0.6 is 0 Å². The molecule has 1 aliphatic heterocycles. The molecular weight excluding hydrogens is 454 g/mol. The quantitative estimate of drug-likeness (QED) is 0.532. The first-order chi connectivity index (χ1) is 17.3. The minimum Gasteiger partial charge on any atom is -0.490 e. The fourth-order valence-electron chi connectivity index (χ4n) is 4.61. The van der Waals surface area contributed by atoms with Crippen LogP contribution in [-0.4, -0.2) is 66.2 Å². The summed E-state index contributed by atoms with van der Waals surface area (Å²) in [5.41, 5.74) is 4.89. The average molecular weight is 488 g/mol. The lowest BCUT2D eigenvalue weighted by Gasteiger charge is -2.36. The lowest BCUT2D eigenvalue weighted by atomic mass is 10.0. The van der Waals surface area contributed by atoms with Crippen LogP contribution in [0.5, 0.6) is 5.75 Å². The Morgan fingerprint density at radius 1 is 1.22 bits per heavy atom. The van der Waals surface area contributed by atoms with Gasteiger partial charge in [0.1, 0.15) is 11.8 Å². The van der Waals surface area contributed by atoms with E-state index in [1.807, 2.05) is 39.1 Å². The second-order valence-corrected chi connectivity index (χ2v) is 9.86. The molecule has 1 fully saturated rings. The normalized spacial score (nSPS) is 14.9. The second-order valence-electron chi connectivity index (χ2n) is 9.86. The Balaban J connectivity index is 0.000000256. The van der Waals surface area contributed by atoms with Crippen molar-refractivity contribution in [3.05, 3.63) is 53.1 Å². The van der Waals surface area contributed by atoms with Crippen LogP contribution in [0, 0.1) is 17.2 Å². The number of hydrogen-bond acceptors (Lipinski definition) is 7. The number of hydrogen-bond donors (Lipinski definition) is 0. The Morgan fingerprint density at radius 3 is 2.67 bits per heavy atom. The minimum atomic E-state index is 0.00290. The number of rotatable bonds is 5. The van der Waals surface area contributed by atoms with Crippen molar-refractivity contribution in [3.8, 4) is 34.7 Å². The van der Waals surface area contributed by atoms with Crippen molar-refractivity contribution in [2.24, 2.45) is 5.92 Å². The molecule has 3 aromatic rings. The zero-order valence-corrected chi connectivity index (χ0v) is 21.6. The third-order valence-electron chi connectivity index (χ3n) is 6.38. The van der Waals surface area contributed by atoms with E-state index < -0.39 is 0 Å². The first-order valence-electron chi connectivity index (χ1n) is 12.3.